The average molecular weight is 207 g/mol. The summed E-state index contributed by atoms with van der Waals surface area (Å²) >= 11 is 5.85. The molecular weight excluding hydrogens is 196 g/mol. The third-order valence-electron chi connectivity index (χ3n) is 2.37. The number of allylic oxidation sites excluding steroid dienone is 1. The Hall–Kier alpha value is -1.08. The summed E-state index contributed by atoms with van der Waals surface area (Å²) in [6, 6.07) is 7.55. The van der Waals surface area contributed by atoms with Crippen LogP contribution in [0.1, 0.15) is 18.4 Å². The van der Waals surface area contributed by atoms with E-state index in [1.54, 1.807) is 0 Å². The van der Waals surface area contributed by atoms with Crippen molar-refractivity contribution < 1.29 is 4.79 Å². The fraction of sp³-hybridized carbons (Fsp3) is 0.250. The summed E-state index contributed by atoms with van der Waals surface area (Å²) in [5.41, 5.74) is 1.90. The third kappa shape index (κ3) is 2.24. The molecule has 1 aliphatic carbocycles. The summed E-state index contributed by atoms with van der Waals surface area (Å²) in [5, 5.41) is 0.708. The van der Waals surface area contributed by atoms with Gasteiger partial charge in [0.1, 0.15) is 6.29 Å². The molecule has 1 aliphatic rings. The SMILES string of the molecule is O=C/C(=C\c1cccc(Cl)c1)C1CC1. The lowest BCUT2D eigenvalue weighted by atomic mass is 10.1. The Balaban J connectivity index is 2.26. The van der Waals surface area contributed by atoms with E-state index in [-0.39, 0.29) is 0 Å². The minimum absolute atomic E-state index is 0.492. The molecule has 2 rings (SSSR count). The first kappa shape index (κ1) is 9.47. The number of carbonyl (C=O) groups excluding carboxylic acids is 1. The molecule has 0 bridgehead atoms. The van der Waals surface area contributed by atoms with Crippen molar-refractivity contribution in [1.82, 2.24) is 0 Å². The Bertz CT molecular complexity index is 378. The Morgan fingerprint density at radius 1 is 1.43 bits per heavy atom. The fourth-order valence-corrected chi connectivity index (χ4v) is 1.65. The number of aldehydes is 1. The second-order valence-corrected chi connectivity index (χ2v) is 4.03. The van der Waals surface area contributed by atoms with Gasteiger partial charge in [-0.3, -0.25) is 4.79 Å². The normalized spacial score (nSPS) is 16.8. The van der Waals surface area contributed by atoms with Gasteiger partial charge in [-0.15, -0.1) is 0 Å². The van der Waals surface area contributed by atoms with E-state index in [0.29, 0.717) is 10.9 Å². The van der Waals surface area contributed by atoms with Gasteiger partial charge in [-0.1, -0.05) is 23.7 Å². The summed E-state index contributed by atoms with van der Waals surface area (Å²) in [6.45, 7) is 0. The lowest BCUT2D eigenvalue weighted by molar-refractivity contribution is -0.105. The first-order valence-corrected chi connectivity index (χ1v) is 5.10. The van der Waals surface area contributed by atoms with Gasteiger partial charge >= 0.3 is 0 Å². The van der Waals surface area contributed by atoms with Crippen LogP contribution in [0.3, 0.4) is 0 Å². The van der Waals surface area contributed by atoms with E-state index >= 15 is 0 Å². The number of hydrogen-bond donors (Lipinski definition) is 0. The van der Waals surface area contributed by atoms with Gasteiger partial charge in [0.25, 0.3) is 0 Å². The molecular formula is C12H11ClO. The van der Waals surface area contributed by atoms with Crippen molar-refractivity contribution in [1.29, 1.82) is 0 Å². The summed E-state index contributed by atoms with van der Waals surface area (Å²) < 4.78 is 0. The first-order chi connectivity index (χ1) is 6.79. The van der Waals surface area contributed by atoms with E-state index in [2.05, 4.69) is 0 Å². The molecule has 1 fully saturated rings. The van der Waals surface area contributed by atoms with Crippen molar-refractivity contribution in [2.75, 3.05) is 0 Å². The summed E-state index contributed by atoms with van der Waals surface area (Å²) in [4.78, 5) is 10.8. The monoisotopic (exact) mass is 206 g/mol. The molecule has 0 saturated heterocycles. The zero-order chi connectivity index (χ0) is 9.97. The minimum atomic E-state index is 0.492. The number of rotatable bonds is 3. The molecule has 0 atom stereocenters. The quantitative estimate of drug-likeness (QED) is 0.548. The standard InChI is InChI=1S/C12H11ClO/c13-12-3-1-2-9(7-12)6-11(8-14)10-4-5-10/h1-3,6-8,10H,4-5H2/b11-6+. The molecule has 0 radical (unpaired) electrons. The summed E-state index contributed by atoms with van der Waals surface area (Å²) in [7, 11) is 0. The molecule has 2 heteroatoms. The highest BCUT2D eigenvalue weighted by atomic mass is 35.5. The van der Waals surface area contributed by atoms with Crippen LogP contribution in [0.4, 0.5) is 0 Å². The molecule has 1 aromatic carbocycles. The zero-order valence-electron chi connectivity index (χ0n) is 7.74. The molecule has 72 valence electrons. The van der Waals surface area contributed by atoms with E-state index in [1.807, 2.05) is 30.3 Å². The van der Waals surface area contributed by atoms with Crippen LogP contribution in [0.2, 0.25) is 5.02 Å². The van der Waals surface area contributed by atoms with Gasteiger partial charge in [-0.2, -0.15) is 0 Å². The van der Waals surface area contributed by atoms with Crippen LogP contribution >= 0.6 is 11.6 Å². The number of benzene rings is 1. The van der Waals surface area contributed by atoms with Crippen LogP contribution in [0.15, 0.2) is 29.8 Å². The Morgan fingerprint density at radius 2 is 2.21 bits per heavy atom. The van der Waals surface area contributed by atoms with Gasteiger partial charge in [-0.05, 0) is 48.1 Å². The Kier molecular flexibility index (Phi) is 2.69. The van der Waals surface area contributed by atoms with Crippen LogP contribution in [-0.4, -0.2) is 6.29 Å². The molecule has 0 aromatic heterocycles. The van der Waals surface area contributed by atoms with E-state index in [0.717, 1.165) is 30.3 Å². The Labute approximate surface area is 88.4 Å². The molecule has 0 amide bonds. The summed E-state index contributed by atoms with van der Waals surface area (Å²) in [6.07, 6.45) is 5.17. The van der Waals surface area contributed by atoms with E-state index in [9.17, 15) is 4.79 Å². The Morgan fingerprint density at radius 3 is 2.79 bits per heavy atom. The van der Waals surface area contributed by atoms with Gasteiger partial charge in [0, 0.05) is 5.02 Å². The fourth-order valence-electron chi connectivity index (χ4n) is 1.45. The van der Waals surface area contributed by atoms with Crippen LogP contribution < -0.4 is 0 Å². The van der Waals surface area contributed by atoms with Gasteiger partial charge in [0.05, 0.1) is 0 Å². The molecule has 0 heterocycles. The molecule has 0 N–H and O–H groups in total. The van der Waals surface area contributed by atoms with E-state index in [1.165, 1.54) is 0 Å². The molecule has 1 nitrogen and oxygen atoms in total. The highest BCUT2D eigenvalue weighted by Crippen LogP contribution is 2.36. The van der Waals surface area contributed by atoms with Crippen LogP contribution in [-0.2, 0) is 4.79 Å². The number of hydrogen-bond acceptors (Lipinski definition) is 1. The molecule has 0 spiro atoms. The highest BCUT2D eigenvalue weighted by molar-refractivity contribution is 6.30. The molecule has 0 unspecified atom stereocenters. The third-order valence-corrected chi connectivity index (χ3v) is 2.60. The van der Waals surface area contributed by atoms with Gasteiger partial charge < -0.3 is 0 Å². The maximum Gasteiger partial charge on any atom is 0.146 e. The highest BCUT2D eigenvalue weighted by Gasteiger charge is 2.25. The van der Waals surface area contributed by atoms with Crippen molar-refractivity contribution in [3.8, 4) is 0 Å². The zero-order valence-corrected chi connectivity index (χ0v) is 8.50. The van der Waals surface area contributed by atoms with Crippen molar-refractivity contribution >= 4 is 24.0 Å². The largest absolute Gasteiger partial charge is 0.298 e. The van der Waals surface area contributed by atoms with E-state index in [4.69, 9.17) is 11.6 Å². The van der Waals surface area contributed by atoms with Gasteiger partial charge in [-0.25, -0.2) is 0 Å². The topological polar surface area (TPSA) is 17.1 Å². The first-order valence-electron chi connectivity index (χ1n) is 4.72. The second kappa shape index (κ2) is 3.97. The van der Waals surface area contributed by atoms with Crippen LogP contribution in [0.25, 0.3) is 6.08 Å². The van der Waals surface area contributed by atoms with Crippen molar-refractivity contribution in [2.45, 2.75) is 12.8 Å². The predicted octanol–water partition coefficient (Wildman–Crippen LogP) is 3.33. The number of carbonyl (C=O) groups is 1. The smallest absolute Gasteiger partial charge is 0.146 e. The minimum Gasteiger partial charge on any atom is -0.298 e. The van der Waals surface area contributed by atoms with Gasteiger partial charge in [0.15, 0.2) is 0 Å². The van der Waals surface area contributed by atoms with E-state index < -0.39 is 0 Å². The van der Waals surface area contributed by atoms with Crippen molar-refractivity contribution in [2.24, 2.45) is 5.92 Å². The lowest BCUT2D eigenvalue weighted by Gasteiger charge is -1.97. The second-order valence-electron chi connectivity index (χ2n) is 3.59. The van der Waals surface area contributed by atoms with Crippen molar-refractivity contribution in [3.63, 3.8) is 0 Å². The maximum atomic E-state index is 10.8. The van der Waals surface area contributed by atoms with Crippen LogP contribution in [0, 0.1) is 5.92 Å². The average Bonchev–Trinajstić information content (AvgIpc) is 2.97. The maximum absolute atomic E-state index is 10.8. The van der Waals surface area contributed by atoms with Gasteiger partial charge in [0.2, 0.25) is 0 Å². The van der Waals surface area contributed by atoms with Crippen molar-refractivity contribution in [3.05, 3.63) is 40.4 Å². The lowest BCUT2D eigenvalue weighted by Crippen LogP contribution is -1.86. The molecule has 1 aromatic rings. The predicted molar refractivity (Wildman–Crippen MR) is 58.2 cm³/mol. The number of halogens is 1. The molecule has 1 saturated carbocycles. The molecule has 0 aliphatic heterocycles. The van der Waals surface area contributed by atoms with Crippen LogP contribution in [0.5, 0.6) is 0 Å². The summed E-state index contributed by atoms with van der Waals surface area (Å²) in [5.74, 6) is 0.492. The molecule has 14 heavy (non-hydrogen) atoms.